The quantitative estimate of drug-likeness (QED) is 0.743. The standard InChI is InChI=1S/C14H16N2O4/c1-15-8-13(18)16(9-12(15)17)7-10-5-3-4-6-11(10)14(19)20-2/h3-6H,7-9H2,1-2H3. The molecule has 0 unspecified atom stereocenters. The van der Waals surface area contributed by atoms with E-state index in [0.717, 1.165) is 0 Å². The summed E-state index contributed by atoms with van der Waals surface area (Å²) in [5, 5.41) is 0. The highest BCUT2D eigenvalue weighted by Gasteiger charge is 2.28. The highest BCUT2D eigenvalue weighted by atomic mass is 16.5. The Kier molecular flexibility index (Phi) is 4.02. The van der Waals surface area contributed by atoms with Crippen molar-refractivity contribution in [3.63, 3.8) is 0 Å². The minimum atomic E-state index is -0.450. The van der Waals surface area contributed by atoms with E-state index in [0.29, 0.717) is 11.1 Å². The van der Waals surface area contributed by atoms with Gasteiger partial charge in [0.25, 0.3) is 0 Å². The molecule has 0 aliphatic carbocycles. The van der Waals surface area contributed by atoms with Crippen LogP contribution in [0.5, 0.6) is 0 Å². The number of hydrogen-bond donors (Lipinski definition) is 0. The third-order valence-electron chi connectivity index (χ3n) is 3.26. The lowest BCUT2D eigenvalue weighted by atomic mass is 10.1. The molecule has 0 spiro atoms. The zero-order valence-corrected chi connectivity index (χ0v) is 11.5. The van der Waals surface area contributed by atoms with Crippen molar-refractivity contribution in [2.45, 2.75) is 6.54 Å². The van der Waals surface area contributed by atoms with E-state index in [1.54, 1.807) is 31.3 Å². The number of hydrogen-bond acceptors (Lipinski definition) is 4. The lowest BCUT2D eigenvalue weighted by Crippen LogP contribution is -2.51. The van der Waals surface area contributed by atoms with Crippen LogP contribution in [0.2, 0.25) is 0 Å². The van der Waals surface area contributed by atoms with E-state index in [4.69, 9.17) is 4.74 Å². The first-order chi connectivity index (χ1) is 9.52. The molecular weight excluding hydrogens is 260 g/mol. The lowest BCUT2D eigenvalue weighted by molar-refractivity contribution is -0.149. The predicted octanol–water partition coefficient (Wildman–Crippen LogP) is 0.274. The fraction of sp³-hybridized carbons (Fsp3) is 0.357. The normalized spacial score (nSPS) is 15.5. The Balaban J connectivity index is 2.20. The van der Waals surface area contributed by atoms with Gasteiger partial charge in [0.05, 0.1) is 19.2 Å². The number of carbonyl (C=O) groups excluding carboxylic acids is 3. The summed E-state index contributed by atoms with van der Waals surface area (Å²) in [5.74, 6) is -0.694. The van der Waals surface area contributed by atoms with Crippen LogP contribution in [0.25, 0.3) is 0 Å². The van der Waals surface area contributed by atoms with Gasteiger partial charge in [-0.3, -0.25) is 9.59 Å². The summed E-state index contributed by atoms with van der Waals surface area (Å²) >= 11 is 0. The fourth-order valence-electron chi connectivity index (χ4n) is 2.08. The molecule has 1 aliphatic heterocycles. The molecule has 6 nitrogen and oxygen atoms in total. The first-order valence-corrected chi connectivity index (χ1v) is 6.21. The number of likely N-dealkylation sites (N-methyl/N-ethyl adjacent to an activating group) is 1. The van der Waals surface area contributed by atoms with Gasteiger partial charge in [0.1, 0.15) is 6.54 Å². The largest absolute Gasteiger partial charge is 0.465 e. The third kappa shape index (κ3) is 2.79. The Labute approximate surface area is 116 Å². The second kappa shape index (κ2) is 5.73. The molecule has 0 bridgehead atoms. The van der Waals surface area contributed by atoms with E-state index in [2.05, 4.69) is 0 Å². The molecule has 1 heterocycles. The van der Waals surface area contributed by atoms with Crippen molar-refractivity contribution in [1.82, 2.24) is 9.80 Å². The number of amides is 2. The monoisotopic (exact) mass is 276 g/mol. The first-order valence-electron chi connectivity index (χ1n) is 6.21. The molecule has 1 fully saturated rings. The van der Waals surface area contributed by atoms with Gasteiger partial charge in [0.15, 0.2) is 0 Å². The maximum Gasteiger partial charge on any atom is 0.338 e. The molecule has 1 saturated heterocycles. The van der Waals surface area contributed by atoms with Gasteiger partial charge in [0, 0.05) is 13.6 Å². The number of methoxy groups -OCH3 is 1. The average molecular weight is 276 g/mol. The van der Waals surface area contributed by atoms with Crippen molar-refractivity contribution < 1.29 is 19.1 Å². The van der Waals surface area contributed by atoms with Crippen LogP contribution < -0.4 is 0 Å². The Hall–Kier alpha value is -2.37. The Morgan fingerprint density at radius 2 is 1.90 bits per heavy atom. The number of rotatable bonds is 3. The zero-order valence-electron chi connectivity index (χ0n) is 11.5. The SMILES string of the molecule is COC(=O)c1ccccc1CN1CC(=O)N(C)CC1=O. The summed E-state index contributed by atoms with van der Waals surface area (Å²) in [4.78, 5) is 38.1. The number of esters is 1. The number of piperazine rings is 1. The van der Waals surface area contributed by atoms with Gasteiger partial charge >= 0.3 is 5.97 Å². The first kappa shape index (κ1) is 14.0. The highest BCUT2D eigenvalue weighted by Crippen LogP contribution is 2.15. The molecule has 0 radical (unpaired) electrons. The lowest BCUT2D eigenvalue weighted by Gasteiger charge is -2.32. The summed E-state index contributed by atoms with van der Waals surface area (Å²) < 4.78 is 4.71. The molecule has 0 saturated carbocycles. The molecule has 1 aromatic carbocycles. The summed E-state index contributed by atoms with van der Waals surface area (Å²) in [6.45, 7) is 0.327. The van der Waals surface area contributed by atoms with Crippen molar-refractivity contribution in [1.29, 1.82) is 0 Å². The molecule has 1 aliphatic rings. The van der Waals surface area contributed by atoms with E-state index in [1.165, 1.54) is 16.9 Å². The summed E-state index contributed by atoms with van der Waals surface area (Å²) in [5.41, 5.74) is 1.08. The molecule has 2 amide bonds. The van der Waals surface area contributed by atoms with Crippen molar-refractivity contribution in [2.24, 2.45) is 0 Å². The maximum absolute atomic E-state index is 11.9. The molecule has 1 aromatic rings. The van der Waals surface area contributed by atoms with Gasteiger partial charge in [-0.15, -0.1) is 0 Å². The average Bonchev–Trinajstić information content (AvgIpc) is 2.44. The minimum absolute atomic E-state index is 0.0326. The topological polar surface area (TPSA) is 66.9 Å². The van der Waals surface area contributed by atoms with E-state index in [1.807, 2.05) is 0 Å². The molecular formula is C14H16N2O4. The van der Waals surface area contributed by atoms with Gasteiger partial charge in [-0.1, -0.05) is 18.2 Å². The molecule has 20 heavy (non-hydrogen) atoms. The molecule has 2 rings (SSSR count). The van der Waals surface area contributed by atoms with Gasteiger partial charge in [0.2, 0.25) is 11.8 Å². The van der Waals surface area contributed by atoms with Crippen LogP contribution in [0.15, 0.2) is 24.3 Å². The highest BCUT2D eigenvalue weighted by molar-refractivity contribution is 5.93. The number of nitrogens with zero attached hydrogens (tertiary/aromatic N) is 2. The van der Waals surface area contributed by atoms with Crippen LogP contribution in [0.3, 0.4) is 0 Å². The number of benzene rings is 1. The van der Waals surface area contributed by atoms with Gasteiger partial charge in [-0.2, -0.15) is 0 Å². The molecule has 106 valence electrons. The molecule has 0 atom stereocenters. The van der Waals surface area contributed by atoms with Crippen LogP contribution in [-0.2, 0) is 20.9 Å². The number of ether oxygens (including phenoxy) is 1. The van der Waals surface area contributed by atoms with Crippen LogP contribution in [-0.4, -0.2) is 54.8 Å². The predicted molar refractivity (Wildman–Crippen MR) is 70.8 cm³/mol. The second-order valence-corrected chi connectivity index (χ2v) is 4.65. The van der Waals surface area contributed by atoms with Crippen molar-refractivity contribution in [3.8, 4) is 0 Å². The van der Waals surface area contributed by atoms with Crippen LogP contribution in [0.1, 0.15) is 15.9 Å². The Bertz CT molecular complexity index is 556. The Morgan fingerprint density at radius 3 is 2.60 bits per heavy atom. The second-order valence-electron chi connectivity index (χ2n) is 4.65. The summed E-state index contributed by atoms with van der Waals surface area (Å²) in [6, 6.07) is 6.91. The van der Waals surface area contributed by atoms with Gasteiger partial charge in [-0.25, -0.2) is 4.79 Å². The molecule has 0 N–H and O–H groups in total. The summed E-state index contributed by atoms with van der Waals surface area (Å²) in [7, 11) is 2.91. The van der Waals surface area contributed by atoms with Crippen LogP contribution in [0, 0.1) is 0 Å². The van der Waals surface area contributed by atoms with E-state index >= 15 is 0 Å². The Morgan fingerprint density at radius 1 is 1.20 bits per heavy atom. The minimum Gasteiger partial charge on any atom is -0.465 e. The third-order valence-corrected chi connectivity index (χ3v) is 3.26. The number of carbonyl (C=O) groups is 3. The molecule has 6 heteroatoms. The van der Waals surface area contributed by atoms with E-state index in [9.17, 15) is 14.4 Å². The van der Waals surface area contributed by atoms with Crippen LogP contribution in [0.4, 0.5) is 0 Å². The fourth-order valence-corrected chi connectivity index (χ4v) is 2.08. The zero-order chi connectivity index (χ0) is 14.7. The van der Waals surface area contributed by atoms with Crippen molar-refractivity contribution in [2.75, 3.05) is 27.2 Å². The van der Waals surface area contributed by atoms with Crippen molar-refractivity contribution in [3.05, 3.63) is 35.4 Å². The summed E-state index contributed by atoms with van der Waals surface area (Å²) in [6.07, 6.45) is 0. The smallest absolute Gasteiger partial charge is 0.338 e. The molecule has 0 aromatic heterocycles. The van der Waals surface area contributed by atoms with E-state index in [-0.39, 0.29) is 31.4 Å². The van der Waals surface area contributed by atoms with Gasteiger partial charge < -0.3 is 14.5 Å². The van der Waals surface area contributed by atoms with Crippen LogP contribution >= 0.6 is 0 Å². The van der Waals surface area contributed by atoms with Gasteiger partial charge in [-0.05, 0) is 11.6 Å². The van der Waals surface area contributed by atoms with Crippen molar-refractivity contribution >= 4 is 17.8 Å². The maximum atomic E-state index is 11.9. The van der Waals surface area contributed by atoms with E-state index < -0.39 is 5.97 Å².